The van der Waals surface area contributed by atoms with E-state index in [1.54, 1.807) is 15.6 Å². The van der Waals surface area contributed by atoms with E-state index in [4.69, 9.17) is 23.8 Å². The average molecular weight is 361 g/mol. The molecule has 0 spiro atoms. The van der Waals surface area contributed by atoms with E-state index in [0.29, 0.717) is 16.5 Å². The zero-order valence-electron chi connectivity index (χ0n) is 13.4. The number of halogens is 1. The molecular weight excluding hydrogens is 344 g/mol. The molecule has 124 valence electrons. The molecule has 0 aliphatic heterocycles. The molecule has 8 heteroatoms. The number of aryl methyl sites for hydroxylation is 2. The van der Waals surface area contributed by atoms with Gasteiger partial charge in [0.1, 0.15) is 5.15 Å². The molecule has 1 N–H and O–H groups in total. The molecule has 0 fully saturated rings. The van der Waals surface area contributed by atoms with Crippen LogP contribution >= 0.6 is 23.8 Å². The highest BCUT2D eigenvalue weighted by Crippen LogP contribution is 2.19. The molecule has 0 amide bonds. The van der Waals surface area contributed by atoms with Crippen molar-refractivity contribution in [3.8, 4) is 0 Å². The Morgan fingerprint density at radius 1 is 1.33 bits per heavy atom. The van der Waals surface area contributed by atoms with Gasteiger partial charge in [0.15, 0.2) is 5.82 Å². The molecule has 0 unspecified atom stereocenters. The van der Waals surface area contributed by atoms with E-state index < -0.39 is 0 Å². The fraction of sp³-hybridized carbons (Fsp3) is 0.250. The van der Waals surface area contributed by atoms with Gasteiger partial charge in [0, 0.05) is 6.42 Å². The lowest BCUT2D eigenvalue weighted by Gasteiger charge is -2.03. The number of hydrogen-bond donors (Lipinski definition) is 1. The molecule has 2 aromatic heterocycles. The first-order valence-electron chi connectivity index (χ1n) is 7.57. The first-order chi connectivity index (χ1) is 11.6. The van der Waals surface area contributed by atoms with Crippen LogP contribution in [0.4, 0.5) is 0 Å². The quantitative estimate of drug-likeness (QED) is 0.558. The van der Waals surface area contributed by atoms with Crippen LogP contribution in [0.2, 0.25) is 5.15 Å². The summed E-state index contributed by atoms with van der Waals surface area (Å²) in [5.74, 6) is 0.765. The Kier molecular flexibility index (Phi) is 4.92. The van der Waals surface area contributed by atoms with Crippen molar-refractivity contribution in [2.45, 2.75) is 26.8 Å². The van der Waals surface area contributed by atoms with Crippen molar-refractivity contribution in [3.63, 3.8) is 0 Å². The van der Waals surface area contributed by atoms with E-state index in [1.165, 1.54) is 0 Å². The maximum atomic E-state index is 6.48. The van der Waals surface area contributed by atoms with E-state index in [-0.39, 0.29) is 0 Å². The third-order valence-electron chi connectivity index (χ3n) is 3.62. The summed E-state index contributed by atoms with van der Waals surface area (Å²) in [6, 6.07) is 10.1. The van der Waals surface area contributed by atoms with Crippen molar-refractivity contribution >= 4 is 30.0 Å². The molecule has 3 rings (SSSR count). The van der Waals surface area contributed by atoms with Crippen LogP contribution < -0.4 is 0 Å². The van der Waals surface area contributed by atoms with Crippen LogP contribution in [0.5, 0.6) is 0 Å². The van der Waals surface area contributed by atoms with Crippen LogP contribution in [-0.4, -0.2) is 30.9 Å². The summed E-state index contributed by atoms with van der Waals surface area (Å²) < 4.78 is 3.82. The number of nitrogens with one attached hydrogen (secondary N) is 1. The highest BCUT2D eigenvalue weighted by atomic mass is 35.5. The van der Waals surface area contributed by atoms with Gasteiger partial charge in [0.25, 0.3) is 0 Å². The van der Waals surface area contributed by atoms with Gasteiger partial charge in [-0.05, 0) is 24.7 Å². The SMILES string of the molecule is CCc1n[nH]c(=S)n1/N=C\c1c(C)nn(Cc2ccccc2)c1Cl. The van der Waals surface area contributed by atoms with E-state index in [2.05, 4.69) is 20.4 Å². The third-order valence-corrected chi connectivity index (χ3v) is 4.28. The van der Waals surface area contributed by atoms with Crippen molar-refractivity contribution in [2.75, 3.05) is 0 Å². The topological polar surface area (TPSA) is 63.8 Å². The van der Waals surface area contributed by atoms with Crippen molar-refractivity contribution in [3.05, 3.63) is 62.9 Å². The molecule has 0 saturated carbocycles. The summed E-state index contributed by atoms with van der Waals surface area (Å²) in [4.78, 5) is 0. The minimum absolute atomic E-state index is 0.452. The molecule has 0 radical (unpaired) electrons. The molecule has 0 bridgehead atoms. The maximum Gasteiger partial charge on any atom is 0.216 e. The summed E-state index contributed by atoms with van der Waals surface area (Å²) in [6.45, 7) is 4.51. The first kappa shape index (κ1) is 16.6. The Morgan fingerprint density at radius 2 is 2.08 bits per heavy atom. The molecule has 0 saturated heterocycles. The van der Waals surface area contributed by atoms with Crippen molar-refractivity contribution < 1.29 is 0 Å². The minimum Gasteiger partial charge on any atom is -0.250 e. The number of benzene rings is 1. The highest BCUT2D eigenvalue weighted by molar-refractivity contribution is 7.71. The summed E-state index contributed by atoms with van der Waals surface area (Å²) in [6.07, 6.45) is 2.40. The lowest BCUT2D eigenvalue weighted by Crippen LogP contribution is -2.02. The number of aromatic nitrogens is 5. The minimum atomic E-state index is 0.452. The highest BCUT2D eigenvalue weighted by Gasteiger charge is 2.12. The van der Waals surface area contributed by atoms with Gasteiger partial charge in [-0.2, -0.15) is 20.0 Å². The van der Waals surface area contributed by atoms with Crippen LogP contribution in [0.15, 0.2) is 35.4 Å². The van der Waals surface area contributed by atoms with Gasteiger partial charge in [0.05, 0.1) is 24.0 Å². The van der Waals surface area contributed by atoms with Gasteiger partial charge >= 0.3 is 0 Å². The second-order valence-electron chi connectivity index (χ2n) is 5.29. The standard InChI is InChI=1S/C16H17ClN6S/c1-3-14-19-20-16(24)23(14)18-9-13-11(2)21-22(15(13)17)10-12-7-5-4-6-8-12/h4-9H,3,10H2,1-2H3,(H,20,24)/b18-9-. The van der Waals surface area contributed by atoms with Gasteiger partial charge in [-0.15, -0.1) is 0 Å². The summed E-state index contributed by atoms with van der Waals surface area (Å²) in [5.41, 5.74) is 2.72. The number of H-pyrrole nitrogens is 1. The zero-order chi connectivity index (χ0) is 17.1. The van der Waals surface area contributed by atoms with E-state index in [9.17, 15) is 0 Å². The molecule has 1 aromatic carbocycles. The fourth-order valence-electron chi connectivity index (χ4n) is 2.36. The van der Waals surface area contributed by atoms with E-state index in [1.807, 2.05) is 44.2 Å². The van der Waals surface area contributed by atoms with Crippen LogP contribution in [0.1, 0.15) is 29.6 Å². The number of rotatable bonds is 5. The molecule has 0 aliphatic carbocycles. The van der Waals surface area contributed by atoms with Crippen molar-refractivity contribution in [1.29, 1.82) is 0 Å². The molecular formula is C16H17ClN6S. The Labute approximate surface area is 149 Å². The van der Waals surface area contributed by atoms with Gasteiger partial charge < -0.3 is 0 Å². The van der Waals surface area contributed by atoms with Gasteiger partial charge in [-0.1, -0.05) is 48.9 Å². The Balaban J connectivity index is 1.91. The molecule has 0 atom stereocenters. The number of aromatic amines is 1. The Morgan fingerprint density at radius 3 is 2.79 bits per heavy atom. The lowest BCUT2D eigenvalue weighted by atomic mass is 10.2. The van der Waals surface area contributed by atoms with Crippen LogP contribution in [0.3, 0.4) is 0 Å². The summed E-state index contributed by atoms with van der Waals surface area (Å²) >= 11 is 11.7. The Bertz CT molecular complexity index is 922. The molecule has 0 aliphatic rings. The fourth-order valence-corrected chi connectivity index (χ4v) is 2.84. The van der Waals surface area contributed by atoms with Gasteiger partial charge in [-0.25, -0.2) is 4.68 Å². The lowest BCUT2D eigenvalue weighted by molar-refractivity contribution is 0.680. The average Bonchev–Trinajstić information content (AvgIpc) is 3.07. The maximum absolute atomic E-state index is 6.48. The van der Waals surface area contributed by atoms with Gasteiger partial charge in [-0.3, -0.25) is 5.10 Å². The molecule has 3 aromatic rings. The molecule has 2 heterocycles. The predicted molar refractivity (Wildman–Crippen MR) is 97.3 cm³/mol. The normalized spacial score (nSPS) is 11.5. The Hall–Kier alpha value is -2.25. The number of hydrogen-bond acceptors (Lipinski definition) is 4. The largest absolute Gasteiger partial charge is 0.250 e. The van der Waals surface area contributed by atoms with Crippen LogP contribution in [0.25, 0.3) is 0 Å². The zero-order valence-corrected chi connectivity index (χ0v) is 15.0. The second kappa shape index (κ2) is 7.11. The van der Waals surface area contributed by atoms with Crippen molar-refractivity contribution in [1.82, 2.24) is 24.7 Å². The first-order valence-corrected chi connectivity index (χ1v) is 8.36. The van der Waals surface area contributed by atoms with Crippen LogP contribution in [0, 0.1) is 11.7 Å². The smallest absolute Gasteiger partial charge is 0.216 e. The van der Waals surface area contributed by atoms with Gasteiger partial charge in [0.2, 0.25) is 4.77 Å². The molecule has 24 heavy (non-hydrogen) atoms. The number of nitrogens with zero attached hydrogens (tertiary/aromatic N) is 5. The third kappa shape index (κ3) is 3.32. The van der Waals surface area contributed by atoms with Crippen molar-refractivity contribution in [2.24, 2.45) is 5.10 Å². The van der Waals surface area contributed by atoms with E-state index >= 15 is 0 Å². The van der Waals surface area contributed by atoms with Crippen LogP contribution in [-0.2, 0) is 13.0 Å². The van der Waals surface area contributed by atoms with E-state index in [0.717, 1.165) is 29.1 Å². The summed E-state index contributed by atoms with van der Waals surface area (Å²) in [7, 11) is 0. The monoisotopic (exact) mass is 360 g/mol. The second-order valence-corrected chi connectivity index (χ2v) is 6.03. The summed E-state index contributed by atoms with van der Waals surface area (Å²) in [5, 5.41) is 16.3. The molecule has 6 nitrogen and oxygen atoms in total. The predicted octanol–water partition coefficient (Wildman–Crippen LogP) is 3.59.